The van der Waals surface area contributed by atoms with Gasteiger partial charge in [0, 0.05) is 50.4 Å². The SMILES string of the molecule is C1=CC2C3OC4=C5B(C6=C(CCC=C6)N6C7=C(CC(n8c9ccccc9c9ccccc98)C=C7)C(C=C4)C56)C23C=C1. The van der Waals surface area contributed by atoms with Crippen molar-refractivity contribution in [3.8, 4) is 0 Å². The second-order valence-electron chi connectivity index (χ2n) is 13.0. The number of ether oxygens (including phenoxy) is 1. The van der Waals surface area contributed by atoms with Crippen molar-refractivity contribution >= 4 is 28.5 Å². The molecule has 0 amide bonds. The van der Waals surface area contributed by atoms with Crippen LogP contribution in [0.25, 0.3) is 21.8 Å². The Morgan fingerprint density at radius 3 is 2.56 bits per heavy atom. The molecule has 1 spiro atoms. The van der Waals surface area contributed by atoms with Crippen molar-refractivity contribution in [3.63, 3.8) is 0 Å². The van der Waals surface area contributed by atoms with Crippen molar-refractivity contribution in [3.05, 3.63) is 143 Å². The van der Waals surface area contributed by atoms with Gasteiger partial charge in [-0.15, -0.1) is 0 Å². The van der Waals surface area contributed by atoms with Gasteiger partial charge in [0.15, 0.2) is 0 Å². The van der Waals surface area contributed by atoms with Crippen molar-refractivity contribution in [2.24, 2.45) is 11.8 Å². The van der Waals surface area contributed by atoms with Crippen LogP contribution in [0.2, 0.25) is 5.31 Å². The number of hydrogen-bond acceptors (Lipinski definition) is 2. The quantitative estimate of drug-likeness (QED) is 0.301. The molecule has 5 aliphatic carbocycles. The van der Waals surface area contributed by atoms with Crippen LogP contribution < -0.4 is 0 Å². The maximum atomic E-state index is 6.85. The van der Waals surface area contributed by atoms with Crippen LogP contribution in [0.5, 0.6) is 0 Å². The molecule has 3 aliphatic heterocycles. The number of rotatable bonds is 1. The average molecular weight is 528 g/mol. The summed E-state index contributed by atoms with van der Waals surface area (Å²) in [6.45, 7) is 0.418. The van der Waals surface area contributed by atoms with Gasteiger partial charge in [0.25, 0.3) is 0 Å². The highest BCUT2D eigenvalue weighted by molar-refractivity contribution is 6.80. The Morgan fingerprint density at radius 2 is 1.71 bits per heavy atom. The molecule has 3 aromatic rings. The highest BCUT2D eigenvalue weighted by Crippen LogP contribution is 2.74. The van der Waals surface area contributed by atoms with E-state index >= 15 is 0 Å². The fourth-order valence-electron chi connectivity index (χ4n) is 9.92. The Labute approximate surface area is 239 Å². The van der Waals surface area contributed by atoms with Crippen molar-refractivity contribution < 1.29 is 4.74 Å². The topological polar surface area (TPSA) is 17.4 Å². The Morgan fingerprint density at radius 1 is 0.878 bits per heavy atom. The van der Waals surface area contributed by atoms with Crippen molar-refractivity contribution in [2.75, 3.05) is 0 Å². The Bertz CT molecular complexity index is 1960. The first-order valence-corrected chi connectivity index (χ1v) is 15.4. The number of aromatic nitrogens is 1. The van der Waals surface area contributed by atoms with E-state index in [0.717, 1.165) is 25.0 Å². The first-order chi connectivity index (χ1) is 20.3. The van der Waals surface area contributed by atoms with Gasteiger partial charge in [-0.05, 0) is 54.6 Å². The lowest BCUT2D eigenvalue weighted by atomic mass is 9.26. The van der Waals surface area contributed by atoms with Gasteiger partial charge in [-0.25, -0.2) is 0 Å². The van der Waals surface area contributed by atoms with Crippen LogP contribution in [0, 0.1) is 11.8 Å². The molecule has 1 saturated carbocycles. The predicted molar refractivity (Wildman–Crippen MR) is 165 cm³/mol. The molecule has 3 nitrogen and oxygen atoms in total. The molecule has 11 rings (SSSR count). The molecule has 6 atom stereocenters. The molecule has 0 radical (unpaired) electrons. The van der Waals surface area contributed by atoms with Crippen LogP contribution >= 0.6 is 0 Å². The molecule has 1 fully saturated rings. The lowest BCUT2D eigenvalue weighted by molar-refractivity contribution is 0.179. The van der Waals surface area contributed by atoms with Crippen LogP contribution in [-0.4, -0.2) is 28.3 Å². The van der Waals surface area contributed by atoms with Crippen LogP contribution in [-0.2, 0) is 4.74 Å². The fourth-order valence-corrected chi connectivity index (χ4v) is 9.92. The summed E-state index contributed by atoms with van der Waals surface area (Å²) in [5.41, 5.74) is 10.4. The van der Waals surface area contributed by atoms with E-state index in [4.69, 9.17) is 4.74 Å². The number of nitrogens with zero attached hydrogens (tertiary/aromatic N) is 2. The minimum absolute atomic E-state index is 0.0854. The number of hydrogen-bond donors (Lipinski definition) is 0. The fraction of sp³-hybridized carbons (Fsp3) is 0.243. The monoisotopic (exact) mass is 528 g/mol. The van der Waals surface area contributed by atoms with Crippen LogP contribution in [0.15, 0.2) is 143 Å². The first kappa shape index (κ1) is 21.6. The zero-order valence-corrected chi connectivity index (χ0v) is 22.8. The number of fused-ring (bicyclic) bond motifs is 8. The zero-order valence-electron chi connectivity index (χ0n) is 22.8. The molecular weight excluding hydrogens is 499 g/mol. The first-order valence-electron chi connectivity index (χ1n) is 15.4. The number of benzene rings is 2. The summed E-state index contributed by atoms with van der Waals surface area (Å²) < 4.78 is 9.44. The van der Waals surface area contributed by atoms with E-state index in [2.05, 4.69) is 119 Å². The van der Waals surface area contributed by atoms with E-state index in [1.165, 1.54) is 33.0 Å². The zero-order chi connectivity index (χ0) is 26.4. The number of para-hydroxylation sites is 2. The molecule has 0 saturated heterocycles. The minimum atomic E-state index is 0.0854. The molecule has 2 aromatic carbocycles. The Kier molecular flexibility index (Phi) is 3.77. The van der Waals surface area contributed by atoms with Crippen LogP contribution in [0.1, 0.15) is 25.3 Å². The van der Waals surface area contributed by atoms with Gasteiger partial charge in [-0.1, -0.05) is 90.5 Å². The van der Waals surface area contributed by atoms with Crippen molar-refractivity contribution in [1.82, 2.24) is 9.47 Å². The molecule has 196 valence electrons. The normalized spacial score (nSPS) is 34.7. The highest BCUT2D eigenvalue weighted by Gasteiger charge is 2.75. The van der Waals surface area contributed by atoms with E-state index in [-0.39, 0.29) is 11.4 Å². The number of allylic oxidation sites excluding steroid dienone is 9. The van der Waals surface area contributed by atoms with Crippen molar-refractivity contribution in [1.29, 1.82) is 0 Å². The van der Waals surface area contributed by atoms with E-state index in [1.807, 2.05) is 0 Å². The molecule has 4 heteroatoms. The third-order valence-corrected chi connectivity index (χ3v) is 11.5. The standard InChI is InChI=1S/C37H29BN2O/c1-4-13-29-23(9-1)24-10-2-5-14-30(24)39(29)22-16-18-31-26(21-22)25-17-19-33-34-35(25)40(31)32-15-6-3-12-28(32)38(34)37-20-8-7-11-27(37)36(37)41-33/h1-5,7-14,16-20,22,25,27,35-36H,6,15,21H2. The lowest BCUT2D eigenvalue weighted by Gasteiger charge is -2.49. The summed E-state index contributed by atoms with van der Waals surface area (Å²) >= 11 is 0. The highest BCUT2D eigenvalue weighted by atomic mass is 16.5. The third kappa shape index (κ3) is 2.39. The molecule has 4 heterocycles. The molecule has 6 unspecified atom stereocenters. The van der Waals surface area contributed by atoms with Gasteiger partial charge in [-0.2, -0.15) is 0 Å². The van der Waals surface area contributed by atoms with Gasteiger partial charge in [-0.3, -0.25) is 0 Å². The van der Waals surface area contributed by atoms with Gasteiger partial charge >= 0.3 is 0 Å². The molecule has 0 bridgehead atoms. The van der Waals surface area contributed by atoms with Gasteiger partial charge in [0.05, 0.1) is 12.1 Å². The second kappa shape index (κ2) is 7.17. The summed E-state index contributed by atoms with van der Waals surface area (Å²) in [7, 11) is 0. The molecule has 41 heavy (non-hydrogen) atoms. The van der Waals surface area contributed by atoms with Gasteiger partial charge in [0.2, 0.25) is 6.71 Å². The lowest BCUT2D eigenvalue weighted by Crippen LogP contribution is -2.52. The molecular formula is C37H29BN2O. The summed E-state index contributed by atoms with van der Waals surface area (Å²) in [5, 5.41) is 2.78. The maximum Gasteiger partial charge on any atom is 0.229 e. The van der Waals surface area contributed by atoms with E-state index < -0.39 is 0 Å². The van der Waals surface area contributed by atoms with Crippen LogP contribution in [0.4, 0.5) is 0 Å². The second-order valence-corrected chi connectivity index (χ2v) is 13.0. The van der Waals surface area contributed by atoms with E-state index in [9.17, 15) is 0 Å². The minimum Gasteiger partial charge on any atom is -0.490 e. The van der Waals surface area contributed by atoms with E-state index in [1.54, 1.807) is 16.7 Å². The Balaban J connectivity index is 1.08. The summed E-state index contributed by atoms with van der Waals surface area (Å²) in [6, 6.07) is 18.5. The van der Waals surface area contributed by atoms with Crippen LogP contribution in [0.3, 0.4) is 0 Å². The molecule has 0 N–H and O–H groups in total. The molecule has 1 aromatic heterocycles. The smallest absolute Gasteiger partial charge is 0.229 e. The van der Waals surface area contributed by atoms with E-state index in [0.29, 0.717) is 30.6 Å². The molecule has 8 aliphatic rings. The largest absolute Gasteiger partial charge is 0.490 e. The maximum absolute atomic E-state index is 6.85. The third-order valence-electron chi connectivity index (χ3n) is 11.5. The summed E-state index contributed by atoms with van der Waals surface area (Å²) in [5.74, 6) is 2.03. The summed E-state index contributed by atoms with van der Waals surface area (Å²) in [6.07, 6.45) is 27.6. The van der Waals surface area contributed by atoms with Crippen molar-refractivity contribution in [2.45, 2.75) is 42.8 Å². The summed E-state index contributed by atoms with van der Waals surface area (Å²) in [4.78, 5) is 2.76. The Hall–Kier alpha value is -4.18. The average Bonchev–Trinajstić information content (AvgIpc) is 3.40. The van der Waals surface area contributed by atoms with Gasteiger partial charge in [0.1, 0.15) is 11.9 Å². The van der Waals surface area contributed by atoms with Gasteiger partial charge < -0.3 is 14.2 Å². The predicted octanol–water partition coefficient (Wildman–Crippen LogP) is 7.76.